The first-order valence-electron chi connectivity index (χ1n) is 6.54. The zero-order chi connectivity index (χ0) is 11.9. The number of ether oxygens (including phenoxy) is 2. The summed E-state index contributed by atoms with van der Waals surface area (Å²) in [6.45, 7) is 9.99. The van der Waals surface area contributed by atoms with Gasteiger partial charge in [0.2, 0.25) is 0 Å². The Morgan fingerprint density at radius 3 is 2.50 bits per heavy atom. The van der Waals surface area contributed by atoms with E-state index in [0.717, 1.165) is 26.1 Å². The van der Waals surface area contributed by atoms with Crippen molar-refractivity contribution in [3.63, 3.8) is 0 Å². The Labute approximate surface area is 100 Å². The molecule has 0 aromatic carbocycles. The van der Waals surface area contributed by atoms with E-state index >= 15 is 0 Å². The van der Waals surface area contributed by atoms with Crippen LogP contribution in [0.1, 0.15) is 52.4 Å². The van der Waals surface area contributed by atoms with Crippen molar-refractivity contribution in [3.8, 4) is 0 Å². The Morgan fingerprint density at radius 2 is 1.94 bits per heavy atom. The van der Waals surface area contributed by atoms with E-state index in [1.54, 1.807) is 0 Å². The lowest BCUT2D eigenvalue weighted by molar-refractivity contribution is -0.0546. The molecule has 0 radical (unpaired) electrons. The van der Waals surface area contributed by atoms with E-state index in [4.69, 9.17) is 9.47 Å². The highest BCUT2D eigenvalue weighted by molar-refractivity contribution is 4.79. The van der Waals surface area contributed by atoms with E-state index in [9.17, 15) is 0 Å². The molecule has 0 amide bonds. The van der Waals surface area contributed by atoms with Gasteiger partial charge < -0.3 is 9.47 Å². The van der Waals surface area contributed by atoms with Crippen molar-refractivity contribution < 1.29 is 9.47 Å². The van der Waals surface area contributed by atoms with Crippen LogP contribution >= 0.6 is 0 Å². The van der Waals surface area contributed by atoms with Crippen LogP contribution in [0.2, 0.25) is 0 Å². The topological polar surface area (TPSA) is 18.5 Å². The van der Waals surface area contributed by atoms with E-state index in [2.05, 4.69) is 20.4 Å². The number of hydrogen-bond acceptors (Lipinski definition) is 2. The van der Waals surface area contributed by atoms with E-state index < -0.39 is 0 Å². The molecule has 1 saturated heterocycles. The van der Waals surface area contributed by atoms with Gasteiger partial charge in [0.25, 0.3) is 0 Å². The fourth-order valence-electron chi connectivity index (χ4n) is 2.47. The Balaban J connectivity index is 2.32. The summed E-state index contributed by atoms with van der Waals surface area (Å²) in [7, 11) is 0. The van der Waals surface area contributed by atoms with Crippen molar-refractivity contribution >= 4 is 0 Å². The quantitative estimate of drug-likeness (QED) is 0.584. The summed E-state index contributed by atoms with van der Waals surface area (Å²) in [4.78, 5) is 0. The third-order valence-corrected chi connectivity index (χ3v) is 3.48. The highest BCUT2D eigenvalue weighted by atomic mass is 16.7. The summed E-state index contributed by atoms with van der Waals surface area (Å²) < 4.78 is 11.0. The number of allylic oxidation sites excluding steroid dienone is 1. The van der Waals surface area contributed by atoms with Crippen molar-refractivity contribution in [1.82, 2.24) is 0 Å². The second-order valence-corrected chi connectivity index (χ2v) is 5.10. The molecule has 0 aromatic rings. The molecule has 0 spiro atoms. The van der Waals surface area contributed by atoms with Crippen LogP contribution in [0.15, 0.2) is 12.7 Å². The van der Waals surface area contributed by atoms with Gasteiger partial charge in [0.1, 0.15) is 0 Å². The highest BCUT2D eigenvalue weighted by Crippen LogP contribution is 2.35. The minimum absolute atomic E-state index is 0.0555. The molecule has 16 heavy (non-hydrogen) atoms. The lowest BCUT2D eigenvalue weighted by Crippen LogP contribution is -2.19. The fourth-order valence-corrected chi connectivity index (χ4v) is 2.47. The van der Waals surface area contributed by atoms with Crippen molar-refractivity contribution in [2.75, 3.05) is 13.2 Å². The van der Waals surface area contributed by atoms with Crippen LogP contribution in [0.25, 0.3) is 0 Å². The van der Waals surface area contributed by atoms with Gasteiger partial charge in [0.15, 0.2) is 6.29 Å². The van der Waals surface area contributed by atoms with Gasteiger partial charge in [-0.2, -0.15) is 0 Å². The average Bonchev–Trinajstić information content (AvgIpc) is 2.77. The summed E-state index contributed by atoms with van der Waals surface area (Å²) in [6, 6.07) is 0. The van der Waals surface area contributed by atoms with Crippen LogP contribution < -0.4 is 0 Å². The van der Waals surface area contributed by atoms with Gasteiger partial charge in [-0.3, -0.25) is 0 Å². The van der Waals surface area contributed by atoms with Crippen LogP contribution in [-0.2, 0) is 9.47 Å². The molecule has 0 aromatic heterocycles. The van der Waals surface area contributed by atoms with Crippen LogP contribution in [0.5, 0.6) is 0 Å². The minimum Gasteiger partial charge on any atom is -0.350 e. The van der Waals surface area contributed by atoms with Crippen molar-refractivity contribution in [2.24, 2.45) is 5.41 Å². The van der Waals surface area contributed by atoms with Gasteiger partial charge in [-0.25, -0.2) is 0 Å². The first-order valence-corrected chi connectivity index (χ1v) is 6.54. The minimum atomic E-state index is 0.0555. The summed E-state index contributed by atoms with van der Waals surface area (Å²) in [6.07, 6.45) is 9.19. The van der Waals surface area contributed by atoms with Gasteiger partial charge in [-0.1, -0.05) is 26.3 Å². The molecular formula is C14H26O2. The van der Waals surface area contributed by atoms with Crippen LogP contribution in [0.3, 0.4) is 0 Å². The van der Waals surface area contributed by atoms with Crippen LogP contribution in [0.4, 0.5) is 0 Å². The second kappa shape index (κ2) is 7.08. The smallest absolute Gasteiger partial charge is 0.157 e. The Kier molecular flexibility index (Phi) is 6.07. The molecule has 94 valence electrons. The molecule has 0 bridgehead atoms. The predicted octanol–water partition coefficient (Wildman–Crippen LogP) is 3.91. The maximum absolute atomic E-state index is 5.49. The van der Waals surface area contributed by atoms with E-state index in [0.29, 0.717) is 5.41 Å². The number of rotatable bonds is 8. The third-order valence-electron chi connectivity index (χ3n) is 3.48. The van der Waals surface area contributed by atoms with Crippen molar-refractivity contribution in [1.29, 1.82) is 0 Å². The van der Waals surface area contributed by atoms with Gasteiger partial charge in [-0.05, 0) is 37.5 Å². The molecule has 0 N–H and O–H groups in total. The molecule has 1 heterocycles. The largest absolute Gasteiger partial charge is 0.350 e. The molecule has 0 saturated carbocycles. The lowest BCUT2D eigenvalue weighted by Gasteiger charge is -2.30. The summed E-state index contributed by atoms with van der Waals surface area (Å²) >= 11 is 0. The SMILES string of the molecule is C=CCCC(C)(CCC)CCC1OCCO1. The van der Waals surface area contributed by atoms with E-state index in [1.165, 1.54) is 25.7 Å². The predicted molar refractivity (Wildman–Crippen MR) is 67.4 cm³/mol. The molecule has 1 rings (SSSR count). The summed E-state index contributed by atoms with van der Waals surface area (Å²) in [5.41, 5.74) is 0.429. The van der Waals surface area contributed by atoms with Crippen LogP contribution in [0, 0.1) is 5.41 Å². The Hall–Kier alpha value is -0.340. The molecule has 1 fully saturated rings. The molecule has 1 unspecified atom stereocenters. The summed E-state index contributed by atoms with van der Waals surface area (Å²) in [5, 5.41) is 0. The second-order valence-electron chi connectivity index (χ2n) is 5.10. The Morgan fingerprint density at radius 1 is 1.25 bits per heavy atom. The number of hydrogen-bond donors (Lipinski definition) is 0. The standard InChI is InChI=1S/C14H26O2/c1-4-6-9-14(3,8-5-2)10-7-13-15-11-12-16-13/h4,13H,1,5-12H2,2-3H3. The van der Waals surface area contributed by atoms with E-state index in [-0.39, 0.29) is 6.29 Å². The molecule has 2 nitrogen and oxygen atoms in total. The zero-order valence-corrected chi connectivity index (χ0v) is 10.8. The normalized spacial score (nSPS) is 20.9. The average molecular weight is 226 g/mol. The molecule has 0 aliphatic carbocycles. The monoisotopic (exact) mass is 226 g/mol. The van der Waals surface area contributed by atoms with Crippen molar-refractivity contribution in [3.05, 3.63) is 12.7 Å². The van der Waals surface area contributed by atoms with Gasteiger partial charge in [0.05, 0.1) is 13.2 Å². The first-order chi connectivity index (χ1) is 7.70. The maximum Gasteiger partial charge on any atom is 0.157 e. The maximum atomic E-state index is 5.49. The molecule has 2 heteroatoms. The van der Waals surface area contributed by atoms with Crippen molar-refractivity contribution in [2.45, 2.75) is 58.7 Å². The highest BCUT2D eigenvalue weighted by Gasteiger charge is 2.25. The first kappa shape index (κ1) is 13.7. The molecular weight excluding hydrogens is 200 g/mol. The van der Waals surface area contributed by atoms with Gasteiger partial charge >= 0.3 is 0 Å². The Bertz CT molecular complexity index is 197. The molecule has 1 aliphatic rings. The zero-order valence-electron chi connectivity index (χ0n) is 10.8. The molecule has 1 atom stereocenters. The molecule has 1 aliphatic heterocycles. The third kappa shape index (κ3) is 4.67. The van der Waals surface area contributed by atoms with E-state index in [1.807, 2.05) is 6.08 Å². The van der Waals surface area contributed by atoms with Gasteiger partial charge in [0, 0.05) is 0 Å². The lowest BCUT2D eigenvalue weighted by atomic mass is 9.77. The summed E-state index contributed by atoms with van der Waals surface area (Å²) in [5.74, 6) is 0. The fraction of sp³-hybridized carbons (Fsp3) is 0.857. The van der Waals surface area contributed by atoms with Crippen LogP contribution in [-0.4, -0.2) is 19.5 Å². The van der Waals surface area contributed by atoms with Gasteiger partial charge in [-0.15, -0.1) is 6.58 Å².